The molecular weight excluding hydrogens is 284 g/mol. The van der Waals surface area contributed by atoms with Crippen LogP contribution in [0, 0.1) is 11.8 Å². The van der Waals surface area contributed by atoms with Crippen molar-refractivity contribution in [2.45, 2.75) is 25.9 Å². The first kappa shape index (κ1) is 16.2. The van der Waals surface area contributed by atoms with Gasteiger partial charge in [0, 0.05) is 18.1 Å². The van der Waals surface area contributed by atoms with Gasteiger partial charge in [-0.2, -0.15) is 0 Å². The number of hydrogen-bond donors (Lipinski definition) is 1. The molecule has 23 heavy (non-hydrogen) atoms. The number of aromatic nitrogens is 1. The summed E-state index contributed by atoms with van der Waals surface area (Å²) < 4.78 is 0. The fourth-order valence-corrected chi connectivity index (χ4v) is 3.76. The van der Waals surface area contributed by atoms with Gasteiger partial charge in [-0.1, -0.05) is 24.3 Å². The topological polar surface area (TPSA) is 36.4 Å². The van der Waals surface area contributed by atoms with Crippen molar-refractivity contribution in [2.24, 2.45) is 11.8 Å². The monoisotopic (exact) mass is 310 g/mol. The average molecular weight is 310 g/mol. The maximum absolute atomic E-state index is 9.49. The molecule has 2 bridgehead atoms. The Hall–Kier alpha value is -1.71. The van der Waals surface area contributed by atoms with Crippen LogP contribution in [0.25, 0.3) is 10.9 Å². The molecule has 1 N–H and O–H groups in total. The number of hydrogen-bond acceptors (Lipinski definition) is 3. The molecule has 0 amide bonds. The van der Waals surface area contributed by atoms with Gasteiger partial charge >= 0.3 is 0 Å². The van der Waals surface area contributed by atoms with E-state index in [9.17, 15) is 5.11 Å². The van der Waals surface area contributed by atoms with Gasteiger partial charge in [-0.15, -0.1) is 6.58 Å². The maximum Gasteiger partial charge on any atom is 0.0769 e. The van der Waals surface area contributed by atoms with Gasteiger partial charge < -0.3 is 10.0 Å². The molecule has 0 saturated carbocycles. The molecule has 3 heteroatoms. The summed E-state index contributed by atoms with van der Waals surface area (Å²) in [5.74, 6) is 1.78. The highest BCUT2D eigenvalue weighted by Crippen LogP contribution is 2.32. The van der Waals surface area contributed by atoms with Gasteiger partial charge in [0.05, 0.1) is 11.6 Å². The molecule has 3 fully saturated rings. The Morgan fingerprint density at radius 1 is 1.26 bits per heavy atom. The van der Waals surface area contributed by atoms with E-state index in [1.807, 2.05) is 30.3 Å². The number of fused-ring (bicyclic) bond motifs is 4. The number of aliphatic hydroxyl groups is 1. The van der Waals surface area contributed by atoms with E-state index < -0.39 is 6.10 Å². The van der Waals surface area contributed by atoms with Crippen LogP contribution in [-0.2, 0) is 0 Å². The van der Waals surface area contributed by atoms with Gasteiger partial charge in [0.2, 0.25) is 0 Å². The minimum Gasteiger partial charge on any atom is -0.389 e. The molecule has 4 heterocycles. The van der Waals surface area contributed by atoms with Gasteiger partial charge in [-0.05, 0) is 62.4 Å². The zero-order valence-corrected chi connectivity index (χ0v) is 13.9. The molecule has 122 valence electrons. The summed E-state index contributed by atoms with van der Waals surface area (Å²) >= 11 is 0. The largest absolute Gasteiger partial charge is 0.389 e. The van der Waals surface area contributed by atoms with Gasteiger partial charge in [0.15, 0.2) is 0 Å². The van der Waals surface area contributed by atoms with Crippen LogP contribution >= 0.6 is 0 Å². The fraction of sp³-hybridized carbons (Fsp3) is 0.450. The van der Waals surface area contributed by atoms with Crippen molar-refractivity contribution in [3.05, 3.63) is 54.7 Å². The zero-order valence-electron chi connectivity index (χ0n) is 13.9. The van der Waals surface area contributed by atoms with Crippen LogP contribution in [0.2, 0.25) is 0 Å². The van der Waals surface area contributed by atoms with Gasteiger partial charge in [-0.3, -0.25) is 4.98 Å². The lowest BCUT2D eigenvalue weighted by Crippen LogP contribution is -2.46. The van der Waals surface area contributed by atoms with E-state index in [1.165, 1.54) is 32.5 Å². The van der Waals surface area contributed by atoms with E-state index in [-0.39, 0.29) is 0 Å². The molecule has 3 aliphatic heterocycles. The Kier molecular flexibility index (Phi) is 5.09. The molecule has 0 aliphatic carbocycles. The Morgan fingerprint density at radius 3 is 2.57 bits per heavy atom. The van der Waals surface area contributed by atoms with Gasteiger partial charge in [-0.25, -0.2) is 0 Å². The molecule has 2 unspecified atom stereocenters. The van der Waals surface area contributed by atoms with Crippen molar-refractivity contribution in [3.63, 3.8) is 0 Å². The number of rotatable bonds is 2. The minimum atomic E-state index is -0.437. The maximum atomic E-state index is 9.49. The van der Waals surface area contributed by atoms with Crippen molar-refractivity contribution in [3.8, 4) is 0 Å². The fourth-order valence-electron chi connectivity index (χ4n) is 3.76. The molecule has 1 aromatic heterocycles. The summed E-state index contributed by atoms with van der Waals surface area (Å²) in [7, 11) is 0. The van der Waals surface area contributed by atoms with Crippen molar-refractivity contribution < 1.29 is 5.11 Å². The molecule has 1 aromatic carbocycles. The number of piperidine rings is 3. The Bertz CT molecular complexity index is 654. The quantitative estimate of drug-likeness (QED) is 0.857. The third kappa shape index (κ3) is 3.62. The molecule has 0 spiro atoms. The lowest BCUT2D eigenvalue weighted by Gasteiger charge is -2.43. The van der Waals surface area contributed by atoms with Crippen LogP contribution in [0.3, 0.4) is 0 Å². The Labute approximate surface area is 138 Å². The second-order valence-corrected chi connectivity index (χ2v) is 6.63. The van der Waals surface area contributed by atoms with Gasteiger partial charge in [0.25, 0.3) is 0 Å². The first-order valence-electron chi connectivity index (χ1n) is 8.55. The smallest absolute Gasteiger partial charge is 0.0769 e. The standard InChI is InChI=1S/C11H11NO.C9H15N/c1-8(13)9-6-7-12-11-5-3-2-4-10(9)11;1-2-8-7-10-5-3-9(8)4-6-10/h2-8,13H,1H3;2,8-9H,1,3-7H2. The predicted molar refractivity (Wildman–Crippen MR) is 95.2 cm³/mol. The third-order valence-electron chi connectivity index (χ3n) is 5.14. The van der Waals surface area contributed by atoms with E-state index in [2.05, 4.69) is 22.5 Å². The van der Waals surface area contributed by atoms with E-state index in [0.29, 0.717) is 0 Å². The lowest BCUT2D eigenvalue weighted by molar-refractivity contribution is 0.0738. The highest BCUT2D eigenvalue weighted by Gasteiger charge is 2.31. The van der Waals surface area contributed by atoms with Crippen molar-refractivity contribution in [1.82, 2.24) is 9.88 Å². The summed E-state index contributed by atoms with van der Waals surface area (Å²) in [4.78, 5) is 6.78. The highest BCUT2D eigenvalue weighted by molar-refractivity contribution is 5.82. The summed E-state index contributed by atoms with van der Waals surface area (Å²) in [5.41, 5.74) is 1.87. The van der Waals surface area contributed by atoms with Crippen LogP contribution in [0.1, 0.15) is 31.4 Å². The first-order valence-corrected chi connectivity index (χ1v) is 8.55. The second-order valence-electron chi connectivity index (χ2n) is 6.63. The van der Waals surface area contributed by atoms with Crippen LogP contribution in [0.4, 0.5) is 0 Å². The molecular formula is C20H26N2O. The number of aliphatic hydroxyl groups excluding tert-OH is 1. The van der Waals surface area contributed by atoms with Gasteiger partial charge in [0.1, 0.15) is 0 Å². The zero-order chi connectivity index (χ0) is 16.2. The van der Waals surface area contributed by atoms with E-state index in [0.717, 1.165) is 28.3 Å². The molecule has 2 aromatic rings. The van der Waals surface area contributed by atoms with Crippen LogP contribution < -0.4 is 0 Å². The predicted octanol–water partition coefficient (Wildman–Crippen LogP) is 3.80. The number of para-hydroxylation sites is 1. The average Bonchev–Trinajstić information content (AvgIpc) is 2.62. The summed E-state index contributed by atoms with van der Waals surface area (Å²) in [6.45, 7) is 9.61. The van der Waals surface area contributed by atoms with E-state index in [4.69, 9.17) is 0 Å². The van der Waals surface area contributed by atoms with Crippen LogP contribution in [-0.4, -0.2) is 34.6 Å². The molecule has 3 aliphatic rings. The summed E-state index contributed by atoms with van der Waals surface area (Å²) in [5, 5.41) is 10.5. The normalized spacial score (nSPS) is 27.1. The van der Waals surface area contributed by atoms with Crippen LogP contribution in [0.15, 0.2) is 49.2 Å². The number of benzene rings is 1. The highest BCUT2D eigenvalue weighted by atomic mass is 16.3. The molecule has 3 saturated heterocycles. The summed E-state index contributed by atoms with van der Waals surface area (Å²) in [6.07, 6.45) is 6.26. The third-order valence-corrected chi connectivity index (χ3v) is 5.14. The molecule has 3 nitrogen and oxygen atoms in total. The molecule has 2 atom stereocenters. The Balaban J connectivity index is 0.000000140. The van der Waals surface area contributed by atoms with Crippen molar-refractivity contribution >= 4 is 10.9 Å². The Morgan fingerprint density at radius 2 is 2.00 bits per heavy atom. The first-order chi connectivity index (χ1) is 11.2. The van der Waals surface area contributed by atoms with Crippen molar-refractivity contribution in [1.29, 1.82) is 0 Å². The number of nitrogens with zero attached hydrogens (tertiary/aromatic N) is 2. The minimum absolute atomic E-state index is 0.437. The molecule has 0 radical (unpaired) electrons. The number of pyridine rings is 1. The van der Waals surface area contributed by atoms with E-state index >= 15 is 0 Å². The second kappa shape index (κ2) is 7.24. The van der Waals surface area contributed by atoms with Crippen LogP contribution in [0.5, 0.6) is 0 Å². The summed E-state index contributed by atoms with van der Waals surface area (Å²) in [6, 6.07) is 9.68. The van der Waals surface area contributed by atoms with Crippen molar-refractivity contribution in [2.75, 3.05) is 19.6 Å². The lowest BCUT2D eigenvalue weighted by atomic mass is 9.79. The SMILES string of the molecule is C=CC1CN2CCC1CC2.CC(O)c1ccnc2ccccc12. The molecule has 5 rings (SSSR count). The van der Waals surface area contributed by atoms with E-state index in [1.54, 1.807) is 13.1 Å².